The second-order valence-electron chi connectivity index (χ2n) is 6.58. The highest BCUT2D eigenvalue weighted by molar-refractivity contribution is 6.21. The molecule has 2 aromatic heterocycles. The Labute approximate surface area is 177 Å². The van der Waals surface area contributed by atoms with E-state index in [1.807, 2.05) is 6.07 Å². The molecule has 0 amide bonds. The van der Waals surface area contributed by atoms with Gasteiger partial charge in [0.15, 0.2) is 22.9 Å². The zero-order chi connectivity index (χ0) is 22.0. The lowest BCUT2D eigenvalue weighted by atomic mass is 10.1. The molecule has 0 atom stereocenters. The molecule has 3 aromatic rings. The molecule has 0 unspecified atom stereocenters. The summed E-state index contributed by atoms with van der Waals surface area (Å²) in [6.45, 7) is 1.80. The lowest BCUT2D eigenvalue weighted by Gasteiger charge is -2.08. The van der Waals surface area contributed by atoms with Gasteiger partial charge in [-0.25, -0.2) is 14.8 Å². The number of allylic oxidation sites excluding steroid dienone is 1. The third-order valence-corrected chi connectivity index (χ3v) is 4.60. The van der Waals surface area contributed by atoms with Crippen molar-refractivity contribution in [2.24, 2.45) is 4.99 Å². The van der Waals surface area contributed by atoms with E-state index in [0.717, 1.165) is 11.8 Å². The van der Waals surface area contributed by atoms with Crippen molar-refractivity contribution in [1.29, 1.82) is 5.41 Å². The number of nitrogens with one attached hydrogen (secondary N) is 2. The second-order valence-corrected chi connectivity index (χ2v) is 6.58. The quantitative estimate of drug-likeness (QED) is 0.268. The summed E-state index contributed by atoms with van der Waals surface area (Å²) in [5.74, 6) is -0.463. The molecule has 9 nitrogen and oxygen atoms in total. The van der Waals surface area contributed by atoms with Gasteiger partial charge in [-0.05, 0) is 43.3 Å². The van der Waals surface area contributed by atoms with Gasteiger partial charge in [0.25, 0.3) is 0 Å². The van der Waals surface area contributed by atoms with Gasteiger partial charge in [0, 0.05) is 46.7 Å². The van der Waals surface area contributed by atoms with Gasteiger partial charge in [-0.15, -0.1) is 0 Å². The van der Waals surface area contributed by atoms with Gasteiger partial charge in [0.2, 0.25) is 5.88 Å². The van der Waals surface area contributed by atoms with Crippen LogP contribution in [-0.2, 0) is 4.74 Å². The number of esters is 1. The Morgan fingerprint density at radius 2 is 2.23 bits per heavy atom. The van der Waals surface area contributed by atoms with Crippen LogP contribution < -0.4 is 11.1 Å². The molecule has 4 rings (SSSR count). The number of aliphatic imine (C=N–C) groups is 1. The molecule has 5 N–H and O–H groups in total. The molecule has 1 aliphatic heterocycles. The second kappa shape index (κ2) is 8.15. The van der Waals surface area contributed by atoms with Gasteiger partial charge in [0.1, 0.15) is 0 Å². The lowest BCUT2D eigenvalue weighted by molar-refractivity contribution is 0.0524. The van der Waals surface area contributed by atoms with Crippen LogP contribution in [0.2, 0.25) is 0 Å². The average molecular weight is 417 g/mol. The normalized spacial score (nSPS) is 13.3. The summed E-state index contributed by atoms with van der Waals surface area (Å²) in [5, 5.41) is 21.0. The fourth-order valence-corrected chi connectivity index (χ4v) is 3.12. The van der Waals surface area contributed by atoms with Gasteiger partial charge >= 0.3 is 5.97 Å². The van der Waals surface area contributed by atoms with Crippen molar-refractivity contribution < 1.29 is 19.1 Å². The maximum absolute atomic E-state index is 12.5. The van der Waals surface area contributed by atoms with Crippen LogP contribution >= 0.6 is 0 Å². The zero-order valence-corrected chi connectivity index (χ0v) is 16.5. The van der Waals surface area contributed by atoms with Crippen molar-refractivity contribution in [3.8, 4) is 5.75 Å². The summed E-state index contributed by atoms with van der Waals surface area (Å²) in [6, 6.07) is 8.55. The molecule has 0 spiro atoms. The minimum Gasteiger partial charge on any atom is -0.504 e. The summed E-state index contributed by atoms with van der Waals surface area (Å²) < 4.78 is 10.9. The first kappa shape index (κ1) is 19.9. The first-order valence-corrected chi connectivity index (χ1v) is 9.42. The van der Waals surface area contributed by atoms with Gasteiger partial charge in [-0.1, -0.05) is 0 Å². The number of ether oxygens (including phenoxy) is 1. The number of nitrogen functional groups attached to an aromatic ring is 1. The number of hydrogen-bond donors (Lipinski definition) is 4. The molecule has 3 heterocycles. The van der Waals surface area contributed by atoms with Gasteiger partial charge < -0.3 is 30.7 Å². The first-order chi connectivity index (χ1) is 15.0. The number of anilines is 3. The number of pyridine rings is 1. The van der Waals surface area contributed by atoms with Crippen molar-refractivity contribution in [3.63, 3.8) is 0 Å². The minimum absolute atomic E-state index is 0.00569. The number of aromatic hydroxyl groups is 1. The fourth-order valence-electron chi connectivity index (χ4n) is 3.12. The molecule has 0 saturated heterocycles. The SMILES string of the molecule is CCOC(=O)c1c(Nc2ccc(C=N)c(N)c2)oc(C=C2C=Nc3ncccc32)c1O. The number of aromatic nitrogens is 1. The molecular formula is C22H19N5O4. The third kappa shape index (κ3) is 3.76. The Bertz CT molecular complexity index is 1240. The summed E-state index contributed by atoms with van der Waals surface area (Å²) in [5.41, 5.74) is 8.69. The van der Waals surface area contributed by atoms with Crippen LogP contribution in [0.15, 0.2) is 45.9 Å². The molecule has 0 fully saturated rings. The number of rotatable bonds is 6. The summed E-state index contributed by atoms with van der Waals surface area (Å²) in [7, 11) is 0. The lowest BCUT2D eigenvalue weighted by Crippen LogP contribution is -2.06. The average Bonchev–Trinajstić information content (AvgIpc) is 3.30. The van der Waals surface area contributed by atoms with E-state index >= 15 is 0 Å². The maximum Gasteiger partial charge on any atom is 0.347 e. The predicted octanol–water partition coefficient (Wildman–Crippen LogP) is 4.14. The van der Waals surface area contributed by atoms with Crippen LogP contribution in [0.1, 0.15) is 34.2 Å². The molecule has 0 bridgehead atoms. The number of hydrogen-bond acceptors (Lipinski definition) is 9. The Balaban J connectivity index is 1.76. The van der Waals surface area contributed by atoms with E-state index in [-0.39, 0.29) is 29.6 Å². The van der Waals surface area contributed by atoms with E-state index < -0.39 is 5.97 Å². The molecule has 156 valence electrons. The number of fused-ring (bicyclic) bond motifs is 1. The molecule has 0 aliphatic carbocycles. The zero-order valence-electron chi connectivity index (χ0n) is 16.5. The molecule has 1 aliphatic rings. The van der Waals surface area contributed by atoms with Crippen molar-refractivity contribution >= 4 is 53.1 Å². The van der Waals surface area contributed by atoms with Crippen LogP contribution in [0, 0.1) is 5.41 Å². The van der Waals surface area contributed by atoms with E-state index in [0.29, 0.717) is 28.3 Å². The summed E-state index contributed by atoms with van der Waals surface area (Å²) >= 11 is 0. The van der Waals surface area contributed by atoms with Crippen LogP contribution in [0.25, 0.3) is 11.6 Å². The number of nitrogens with two attached hydrogens (primary N) is 1. The van der Waals surface area contributed by atoms with Crippen LogP contribution in [0.3, 0.4) is 0 Å². The highest BCUT2D eigenvalue weighted by Crippen LogP contribution is 2.39. The van der Waals surface area contributed by atoms with E-state index in [1.54, 1.807) is 49.7 Å². The Morgan fingerprint density at radius 1 is 1.39 bits per heavy atom. The van der Waals surface area contributed by atoms with Gasteiger partial charge in [0.05, 0.1) is 6.61 Å². The van der Waals surface area contributed by atoms with Gasteiger partial charge in [-0.3, -0.25) is 0 Å². The van der Waals surface area contributed by atoms with Gasteiger partial charge in [-0.2, -0.15) is 0 Å². The largest absolute Gasteiger partial charge is 0.504 e. The third-order valence-electron chi connectivity index (χ3n) is 4.60. The van der Waals surface area contributed by atoms with Crippen LogP contribution in [-0.4, -0.2) is 35.1 Å². The Hall–Kier alpha value is -4.40. The molecule has 31 heavy (non-hydrogen) atoms. The molecular weight excluding hydrogens is 398 g/mol. The smallest absolute Gasteiger partial charge is 0.347 e. The van der Waals surface area contributed by atoms with Crippen molar-refractivity contribution in [1.82, 2.24) is 4.98 Å². The minimum atomic E-state index is -0.734. The van der Waals surface area contributed by atoms with Crippen molar-refractivity contribution in [2.75, 3.05) is 17.7 Å². The highest BCUT2D eigenvalue weighted by Gasteiger charge is 2.27. The maximum atomic E-state index is 12.5. The van der Waals surface area contributed by atoms with E-state index in [1.165, 1.54) is 0 Å². The number of carbonyl (C=O) groups is 1. The number of benzene rings is 1. The van der Waals surface area contributed by atoms with Crippen molar-refractivity contribution in [2.45, 2.75) is 6.92 Å². The monoisotopic (exact) mass is 417 g/mol. The molecule has 0 saturated carbocycles. The summed E-state index contributed by atoms with van der Waals surface area (Å²) in [4.78, 5) is 20.9. The Kier molecular flexibility index (Phi) is 5.23. The highest BCUT2D eigenvalue weighted by atomic mass is 16.5. The number of furan rings is 1. The Morgan fingerprint density at radius 3 is 2.97 bits per heavy atom. The van der Waals surface area contributed by atoms with Crippen LogP contribution in [0.5, 0.6) is 5.75 Å². The molecule has 1 aromatic carbocycles. The predicted molar refractivity (Wildman–Crippen MR) is 119 cm³/mol. The van der Waals surface area contributed by atoms with E-state index in [9.17, 15) is 9.90 Å². The number of nitrogens with zero attached hydrogens (tertiary/aromatic N) is 2. The van der Waals surface area contributed by atoms with E-state index in [4.69, 9.17) is 20.3 Å². The first-order valence-electron chi connectivity index (χ1n) is 9.42. The number of carbonyl (C=O) groups excluding carboxylic acids is 1. The van der Waals surface area contributed by atoms with Crippen molar-refractivity contribution in [3.05, 3.63) is 59.0 Å². The van der Waals surface area contributed by atoms with Crippen LogP contribution in [0.4, 0.5) is 23.1 Å². The molecule has 0 radical (unpaired) electrons. The standard InChI is InChI=1S/C22H19N5O4/c1-2-30-22(29)18-19(28)17(8-13-11-26-20-15(13)4-3-7-25-20)31-21(18)27-14-6-5-12(10-23)16(24)9-14/h3-11,23,27-28H,2,24H2,1H3. The fraction of sp³-hybridized carbons (Fsp3) is 0.0909. The topological polar surface area (TPSA) is 147 Å². The summed E-state index contributed by atoms with van der Waals surface area (Å²) in [6.07, 6.45) is 5.96. The van der Waals surface area contributed by atoms with E-state index in [2.05, 4.69) is 15.3 Å². The molecule has 9 heteroatoms.